The largest absolute Gasteiger partial charge is 0.333 e. The van der Waals surface area contributed by atoms with Crippen LogP contribution in [0.3, 0.4) is 0 Å². The van der Waals surface area contributed by atoms with Crippen molar-refractivity contribution in [3.05, 3.63) is 86.8 Å². The number of para-hydroxylation sites is 1. The van der Waals surface area contributed by atoms with E-state index in [9.17, 15) is 0 Å². The fraction of sp³-hybridized carbons (Fsp3) is 0.0455. The van der Waals surface area contributed by atoms with E-state index in [1.165, 1.54) is 21.1 Å². The average molecular weight is 514 g/mol. The van der Waals surface area contributed by atoms with Crippen LogP contribution >= 0.6 is 50.6 Å². The van der Waals surface area contributed by atoms with E-state index in [4.69, 9.17) is 11.6 Å². The highest BCUT2D eigenvalue weighted by Gasteiger charge is 2.24. The molecule has 1 aliphatic rings. The molecule has 0 aliphatic carbocycles. The van der Waals surface area contributed by atoms with Gasteiger partial charge in [0, 0.05) is 25.5 Å². The number of rotatable bonds is 4. The molecular formula is C22H14BrClN4S2. The van der Waals surface area contributed by atoms with Crippen LogP contribution in [-0.4, -0.2) is 16.4 Å². The van der Waals surface area contributed by atoms with Gasteiger partial charge in [0.05, 0.1) is 17.9 Å². The van der Waals surface area contributed by atoms with Crippen molar-refractivity contribution in [3.8, 4) is 0 Å². The van der Waals surface area contributed by atoms with Gasteiger partial charge >= 0.3 is 0 Å². The highest BCUT2D eigenvalue weighted by atomic mass is 79.9. The molecule has 5 rings (SSSR count). The summed E-state index contributed by atoms with van der Waals surface area (Å²) in [6.45, 7) is 0.608. The van der Waals surface area contributed by atoms with Crippen LogP contribution in [0.1, 0.15) is 10.6 Å². The van der Waals surface area contributed by atoms with Crippen LogP contribution in [0.25, 0.3) is 0 Å². The zero-order valence-corrected chi connectivity index (χ0v) is 19.5. The molecular weight excluding hydrogens is 500 g/mol. The van der Waals surface area contributed by atoms with Crippen molar-refractivity contribution in [2.75, 3.05) is 4.90 Å². The quantitative estimate of drug-likeness (QED) is 0.265. The summed E-state index contributed by atoms with van der Waals surface area (Å²) < 4.78 is 1.04. The van der Waals surface area contributed by atoms with Crippen LogP contribution in [0.4, 0.5) is 16.5 Å². The summed E-state index contributed by atoms with van der Waals surface area (Å²) in [5.74, 6) is 0. The Hall–Kier alpha value is -2.19. The maximum atomic E-state index is 6.30. The Morgan fingerprint density at radius 1 is 0.967 bits per heavy atom. The lowest BCUT2D eigenvalue weighted by Crippen LogP contribution is -2.20. The number of benzene rings is 3. The van der Waals surface area contributed by atoms with Gasteiger partial charge in [0.25, 0.3) is 0 Å². The van der Waals surface area contributed by atoms with Gasteiger partial charge in [-0.25, -0.2) is 4.99 Å². The number of anilines is 2. The summed E-state index contributed by atoms with van der Waals surface area (Å²) in [4.78, 5) is 9.12. The highest BCUT2D eigenvalue weighted by Crippen LogP contribution is 2.49. The molecule has 1 aromatic heterocycles. The first-order valence-electron chi connectivity index (χ1n) is 9.12. The number of aromatic nitrogens is 2. The standard InChI is InChI=1S/C22H14BrClN4S2/c23-15-7-5-14(6-8-15)12-25-22-27-26-21(30-22)13-28-17-3-1-2-4-19(17)29-20-10-9-16(24)11-18(20)28/h1-12H,13H2/b25-12+. The van der Waals surface area contributed by atoms with Crippen molar-refractivity contribution in [1.82, 2.24) is 10.2 Å². The van der Waals surface area contributed by atoms with E-state index >= 15 is 0 Å². The van der Waals surface area contributed by atoms with Crippen LogP contribution in [-0.2, 0) is 6.54 Å². The molecule has 1 aliphatic heterocycles. The van der Waals surface area contributed by atoms with E-state index in [0.717, 1.165) is 31.4 Å². The maximum Gasteiger partial charge on any atom is 0.231 e. The van der Waals surface area contributed by atoms with Gasteiger partial charge < -0.3 is 4.90 Å². The predicted molar refractivity (Wildman–Crippen MR) is 129 cm³/mol. The first-order valence-corrected chi connectivity index (χ1v) is 11.9. The summed E-state index contributed by atoms with van der Waals surface area (Å²) in [6, 6.07) is 22.4. The third kappa shape index (κ3) is 4.16. The zero-order valence-electron chi connectivity index (χ0n) is 15.5. The molecule has 0 amide bonds. The van der Waals surface area contributed by atoms with Gasteiger partial charge in [0.1, 0.15) is 5.01 Å². The summed E-state index contributed by atoms with van der Waals surface area (Å²) in [5, 5.41) is 10.9. The molecule has 0 spiro atoms. The van der Waals surface area contributed by atoms with Crippen molar-refractivity contribution < 1.29 is 0 Å². The number of fused-ring (bicyclic) bond motifs is 2. The fourth-order valence-electron chi connectivity index (χ4n) is 3.15. The molecule has 0 radical (unpaired) electrons. The molecule has 0 N–H and O–H groups in total. The number of hydrogen-bond donors (Lipinski definition) is 0. The minimum Gasteiger partial charge on any atom is -0.333 e. The first kappa shape index (κ1) is 19.8. The second-order valence-electron chi connectivity index (χ2n) is 6.56. The molecule has 4 nitrogen and oxygen atoms in total. The third-order valence-corrected chi connectivity index (χ3v) is 7.24. The van der Waals surface area contributed by atoms with Crippen LogP contribution in [0.5, 0.6) is 0 Å². The molecule has 3 aromatic carbocycles. The molecule has 0 saturated carbocycles. The lowest BCUT2D eigenvalue weighted by Gasteiger charge is -2.32. The van der Waals surface area contributed by atoms with E-state index in [1.54, 1.807) is 18.0 Å². The Kier molecular flexibility index (Phi) is 5.60. The van der Waals surface area contributed by atoms with Gasteiger partial charge in [-0.3, -0.25) is 0 Å². The van der Waals surface area contributed by atoms with Crippen molar-refractivity contribution in [2.45, 2.75) is 16.3 Å². The molecule has 8 heteroatoms. The zero-order chi connectivity index (χ0) is 20.5. The Bertz CT molecular complexity index is 1240. The average Bonchev–Trinajstić information content (AvgIpc) is 3.21. The minimum absolute atomic E-state index is 0.608. The number of hydrogen-bond acceptors (Lipinski definition) is 6. The highest BCUT2D eigenvalue weighted by molar-refractivity contribution is 9.10. The first-order chi connectivity index (χ1) is 14.7. The summed E-state index contributed by atoms with van der Waals surface area (Å²) >= 11 is 13.0. The molecule has 0 atom stereocenters. The Morgan fingerprint density at radius 3 is 2.63 bits per heavy atom. The van der Waals surface area contributed by atoms with Crippen LogP contribution in [0, 0.1) is 0 Å². The monoisotopic (exact) mass is 512 g/mol. The Balaban J connectivity index is 1.42. The van der Waals surface area contributed by atoms with Crippen LogP contribution in [0.15, 0.2) is 86.0 Å². The normalized spacial score (nSPS) is 12.8. The van der Waals surface area contributed by atoms with Gasteiger partial charge in [0.2, 0.25) is 5.13 Å². The fourth-order valence-corrected chi connectivity index (χ4v) is 5.33. The van der Waals surface area contributed by atoms with Crippen molar-refractivity contribution in [2.24, 2.45) is 4.99 Å². The molecule has 0 bridgehead atoms. The number of nitrogens with zero attached hydrogens (tertiary/aromatic N) is 4. The van der Waals surface area contributed by atoms with Gasteiger partial charge in [-0.2, -0.15) is 0 Å². The Labute approximate surface area is 195 Å². The predicted octanol–water partition coefficient (Wildman–Crippen LogP) is 7.51. The lowest BCUT2D eigenvalue weighted by molar-refractivity contribution is 0.893. The molecule has 4 aromatic rings. The van der Waals surface area contributed by atoms with E-state index in [2.05, 4.69) is 66.4 Å². The number of halogens is 2. The van der Waals surface area contributed by atoms with Crippen molar-refractivity contribution in [3.63, 3.8) is 0 Å². The van der Waals surface area contributed by atoms with Crippen molar-refractivity contribution in [1.29, 1.82) is 0 Å². The van der Waals surface area contributed by atoms with E-state index in [0.29, 0.717) is 11.7 Å². The van der Waals surface area contributed by atoms with Crippen LogP contribution in [0.2, 0.25) is 5.02 Å². The molecule has 30 heavy (non-hydrogen) atoms. The number of aliphatic imine (C=N–C) groups is 1. The summed E-state index contributed by atoms with van der Waals surface area (Å²) in [6.07, 6.45) is 1.80. The topological polar surface area (TPSA) is 41.4 Å². The second-order valence-corrected chi connectivity index (χ2v) is 10.0. The van der Waals surface area contributed by atoms with Gasteiger partial charge in [-0.1, -0.05) is 74.9 Å². The third-order valence-electron chi connectivity index (χ3n) is 4.53. The molecule has 148 valence electrons. The van der Waals surface area contributed by atoms with E-state index < -0.39 is 0 Å². The molecule has 0 fully saturated rings. The van der Waals surface area contributed by atoms with Gasteiger partial charge in [-0.15, -0.1) is 10.2 Å². The Morgan fingerprint density at radius 2 is 1.77 bits per heavy atom. The van der Waals surface area contributed by atoms with Crippen molar-refractivity contribution >= 4 is 73.4 Å². The maximum absolute atomic E-state index is 6.30. The SMILES string of the molecule is Clc1ccc2c(c1)N(Cc1nnc(/N=C/c3ccc(Br)cc3)s1)c1ccccc1S2. The van der Waals surface area contributed by atoms with Gasteiger partial charge in [-0.05, 0) is 48.0 Å². The molecule has 0 saturated heterocycles. The molecule has 2 heterocycles. The van der Waals surface area contributed by atoms with E-state index in [-0.39, 0.29) is 0 Å². The van der Waals surface area contributed by atoms with Gasteiger partial charge in [0.15, 0.2) is 0 Å². The van der Waals surface area contributed by atoms with E-state index in [1.807, 2.05) is 36.4 Å². The lowest BCUT2D eigenvalue weighted by atomic mass is 10.2. The minimum atomic E-state index is 0.608. The smallest absolute Gasteiger partial charge is 0.231 e. The summed E-state index contributed by atoms with van der Waals surface area (Å²) in [5.41, 5.74) is 3.24. The van der Waals surface area contributed by atoms with Crippen LogP contribution < -0.4 is 4.90 Å². The second kappa shape index (κ2) is 8.51. The summed E-state index contributed by atoms with van der Waals surface area (Å²) in [7, 11) is 0. The molecule has 0 unspecified atom stereocenters.